The average molecular weight is 196 g/mol. The number of phenols is 1. The normalized spacial score (nSPS) is 9.93. The number of carbonyl (C=O) groups excluding carboxylic acids is 1. The molecule has 2 N–H and O–H groups in total. The number of esters is 1. The SMILES string of the molecule is Cc1cc(C(=O)OCO)cc(C)c1O. The Morgan fingerprint density at radius 3 is 2.29 bits per heavy atom. The van der Waals surface area contributed by atoms with Gasteiger partial charge in [0.05, 0.1) is 5.56 Å². The van der Waals surface area contributed by atoms with Crippen molar-refractivity contribution < 1.29 is 19.7 Å². The van der Waals surface area contributed by atoms with Crippen LogP contribution in [-0.2, 0) is 4.74 Å². The minimum atomic E-state index is -0.641. The third-order valence-electron chi connectivity index (χ3n) is 1.92. The van der Waals surface area contributed by atoms with Crippen molar-refractivity contribution in [2.45, 2.75) is 13.8 Å². The Morgan fingerprint density at radius 2 is 1.86 bits per heavy atom. The Balaban J connectivity index is 3.06. The van der Waals surface area contributed by atoms with Gasteiger partial charge < -0.3 is 14.9 Å². The molecule has 1 aromatic rings. The van der Waals surface area contributed by atoms with Crippen LogP contribution in [0.5, 0.6) is 5.75 Å². The summed E-state index contributed by atoms with van der Waals surface area (Å²) in [6, 6.07) is 3.03. The number of aromatic hydroxyl groups is 1. The van der Waals surface area contributed by atoms with E-state index in [9.17, 15) is 9.90 Å². The van der Waals surface area contributed by atoms with Gasteiger partial charge in [-0.15, -0.1) is 0 Å². The molecule has 14 heavy (non-hydrogen) atoms. The third kappa shape index (κ3) is 2.03. The van der Waals surface area contributed by atoms with Crippen LogP contribution in [0, 0.1) is 13.8 Å². The van der Waals surface area contributed by atoms with Crippen LogP contribution in [0.25, 0.3) is 0 Å². The Bertz CT molecular complexity index is 334. The Morgan fingerprint density at radius 1 is 1.36 bits per heavy atom. The maximum Gasteiger partial charge on any atom is 0.340 e. The van der Waals surface area contributed by atoms with E-state index in [1.165, 1.54) is 12.1 Å². The first kappa shape index (κ1) is 10.5. The van der Waals surface area contributed by atoms with Gasteiger partial charge in [0.15, 0.2) is 6.79 Å². The van der Waals surface area contributed by atoms with Crippen LogP contribution in [0.4, 0.5) is 0 Å². The van der Waals surface area contributed by atoms with Crippen molar-refractivity contribution in [2.75, 3.05) is 6.79 Å². The maximum absolute atomic E-state index is 11.2. The second kappa shape index (κ2) is 4.11. The summed E-state index contributed by atoms with van der Waals surface area (Å²) in [7, 11) is 0. The number of hydrogen-bond donors (Lipinski definition) is 2. The van der Waals surface area contributed by atoms with Crippen LogP contribution >= 0.6 is 0 Å². The standard InChI is InChI=1S/C10H12O4/c1-6-3-8(10(13)14-5-11)4-7(2)9(6)12/h3-4,11-12H,5H2,1-2H3. The van der Waals surface area contributed by atoms with Crippen molar-refractivity contribution in [2.24, 2.45) is 0 Å². The number of ether oxygens (including phenoxy) is 1. The Kier molecular flexibility index (Phi) is 3.09. The summed E-state index contributed by atoms with van der Waals surface area (Å²) in [5.41, 5.74) is 1.54. The Hall–Kier alpha value is -1.55. The maximum atomic E-state index is 11.2. The summed E-state index contributed by atoms with van der Waals surface area (Å²) in [5, 5.41) is 17.8. The zero-order chi connectivity index (χ0) is 10.7. The molecule has 0 amide bonds. The number of benzene rings is 1. The fourth-order valence-electron chi connectivity index (χ4n) is 1.22. The van der Waals surface area contributed by atoms with E-state index < -0.39 is 12.8 Å². The molecular formula is C10H12O4. The highest BCUT2D eigenvalue weighted by molar-refractivity contribution is 5.90. The second-order valence-electron chi connectivity index (χ2n) is 3.02. The minimum Gasteiger partial charge on any atom is -0.507 e. The average Bonchev–Trinajstić information content (AvgIpc) is 2.13. The van der Waals surface area contributed by atoms with Gasteiger partial charge in [-0.05, 0) is 37.1 Å². The monoisotopic (exact) mass is 196 g/mol. The van der Waals surface area contributed by atoms with Crippen LogP contribution in [0.15, 0.2) is 12.1 Å². The van der Waals surface area contributed by atoms with Crippen molar-refractivity contribution in [3.05, 3.63) is 28.8 Å². The van der Waals surface area contributed by atoms with Gasteiger partial charge in [-0.25, -0.2) is 4.79 Å². The number of aliphatic hydroxyl groups excluding tert-OH is 1. The molecule has 0 fully saturated rings. The van der Waals surface area contributed by atoms with E-state index in [1.54, 1.807) is 13.8 Å². The smallest absolute Gasteiger partial charge is 0.340 e. The molecule has 4 heteroatoms. The molecule has 0 aliphatic heterocycles. The lowest BCUT2D eigenvalue weighted by atomic mass is 10.1. The predicted molar refractivity (Wildman–Crippen MR) is 50.1 cm³/mol. The molecule has 0 saturated heterocycles. The molecule has 4 nitrogen and oxygen atoms in total. The molecule has 0 unspecified atom stereocenters. The first-order valence-corrected chi connectivity index (χ1v) is 4.14. The zero-order valence-corrected chi connectivity index (χ0v) is 8.07. The summed E-state index contributed by atoms with van der Waals surface area (Å²) in [6.45, 7) is 2.74. The van der Waals surface area contributed by atoms with E-state index >= 15 is 0 Å². The highest BCUT2D eigenvalue weighted by atomic mass is 16.6. The van der Waals surface area contributed by atoms with Crippen LogP contribution in [0.3, 0.4) is 0 Å². The molecule has 0 atom stereocenters. The summed E-state index contributed by atoms with van der Waals surface area (Å²) in [6.07, 6.45) is 0. The summed E-state index contributed by atoms with van der Waals surface area (Å²) < 4.78 is 4.41. The quantitative estimate of drug-likeness (QED) is 0.549. The van der Waals surface area contributed by atoms with E-state index in [4.69, 9.17) is 5.11 Å². The van der Waals surface area contributed by atoms with Crippen molar-refractivity contribution in [3.8, 4) is 5.75 Å². The number of aryl methyl sites for hydroxylation is 2. The van der Waals surface area contributed by atoms with Crippen LogP contribution < -0.4 is 0 Å². The van der Waals surface area contributed by atoms with Crippen molar-refractivity contribution in [1.29, 1.82) is 0 Å². The van der Waals surface area contributed by atoms with E-state index in [2.05, 4.69) is 4.74 Å². The van der Waals surface area contributed by atoms with E-state index in [-0.39, 0.29) is 5.75 Å². The van der Waals surface area contributed by atoms with E-state index in [1.807, 2.05) is 0 Å². The number of hydrogen-bond acceptors (Lipinski definition) is 4. The molecule has 0 aromatic heterocycles. The molecule has 76 valence electrons. The summed E-state index contributed by atoms with van der Waals surface area (Å²) in [5.74, 6) is -0.427. The van der Waals surface area contributed by atoms with Gasteiger partial charge in [0.1, 0.15) is 5.75 Å². The summed E-state index contributed by atoms with van der Waals surface area (Å²) >= 11 is 0. The zero-order valence-electron chi connectivity index (χ0n) is 8.07. The van der Waals surface area contributed by atoms with Crippen molar-refractivity contribution in [1.82, 2.24) is 0 Å². The van der Waals surface area contributed by atoms with Crippen LogP contribution in [-0.4, -0.2) is 23.0 Å². The van der Waals surface area contributed by atoms with Gasteiger partial charge in [-0.1, -0.05) is 0 Å². The minimum absolute atomic E-state index is 0.172. The molecule has 0 radical (unpaired) electrons. The lowest BCUT2D eigenvalue weighted by Gasteiger charge is -2.06. The first-order valence-electron chi connectivity index (χ1n) is 4.14. The summed E-state index contributed by atoms with van der Waals surface area (Å²) in [4.78, 5) is 11.2. The molecule has 1 aromatic carbocycles. The highest BCUT2D eigenvalue weighted by Gasteiger charge is 2.10. The van der Waals surface area contributed by atoms with Gasteiger partial charge in [-0.3, -0.25) is 0 Å². The first-order chi connectivity index (χ1) is 6.56. The number of aliphatic hydroxyl groups is 1. The molecule has 0 heterocycles. The Labute approximate surface area is 81.8 Å². The molecule has 1 rings (SSSR count). The van der Waals surface area contributed by atoms with Gasteiger partial charge in [0, 0.05) is 0 Å². The predicted octanol–water partition coefficient (Wildman–Crippen LogP) is 1.12. The molecule has 0 saturated carbocycles. The lowest BCUT2D eigenvalue weighted by Crippen LogP contribution is -2.06. The number of rotatable bonds is 2. The number of carbonyl (C=O) groups is 1. The van der Waals surface area contributed by atoms with E-state index in [0.717, 1.165) is 0 Å². The molecule has 0 spiro atoms. The molecular weight excluding hydrogens is 184 g/mol. The second-order valence-corrected chi connectivity index (χ2v) is 3.02. The number of phenolic OH excluding ortho intramolecular Hbond substituents is 1. The topological polar surface area (TPSA) is 66.8 Å². The van der Waals surface area contributed by atoms with Gasteiger partial charge >= 0.3 is 5.97 Å². The van der Waals surface area contributed by atoms with Gasteiger partial charge in [0.2, 0.25) is 0 Å². The fraction of sp³-hybridized carbons (Fsp3) is 0.300. The van der Waals surface area contributed by atoms with Crippen molar-refractivity contribution in [3.63, 3.8) is 0 Å². The van der Waals surface area contributed by atoms with Gasteiger partial charge in [-0.2, -0.15) is 0 Å². The van der Waals surface area contributed by atoms with Gasteiger partial charge in [0.25, 0.3) is 0 Å². The third-order valence-corrected chi connectivity index (χ3v) is 1.92. The largest absolute Gasteiger partial charge is 0.507 e. The molecule has 0 aliphatic carbocycles. The fourth-order valence-corrected chi connectivity index (χ4v) is 1.22. The van der Waals surface area contributed by atoms with E-state index in [0.29, 0.717) is 16.7 Å². The molecule has 0 aliphatic rings. The molecule has 0 bridgehead atoms. The lowest BCUT2D eigenvalue weighted by molar-refractivity contribution is 0.00682. The van der Waals surface area contributed by atoms with Crippen LogP contribution in [0.1, 0.15) is 21.5 Å². The van der Waals surface area contributed by atoms with Crippen molar-refractivity contribution >= 4 is 5.97 Å². The highest BCUT2D eigenvalue weighted by Crippen LogP contribution is 2.23. The van der Waals surface area contributed by atoms with Crippen LogP contribution in [0.2, 0.25) is 0 Å².